The van der Waals surface area contributed by atoms with Gasteiger partial charge in [-0.2, -0.15) is 0 Å². The molecular weight excluding hydrogens is 246 g/mol. The lowest BCUT2D eigenvalue weighted by Gasteiger charge is -2.31. The van der Waals surface area contributed by atoms with Gasteiger partial charge in [-0.05, 0) is 36.0 Å². The third kappa shape index (κ3) is 6.76. The predicted octanol–water partition coefficient (Wildman–Crippen LogP) is 4.88. The quantitative estimate of drug-likeness (QED) is 0.642. The van der Waals surface area contributed by atoms with Gasteiger partial charge >= 0.3 is 0 Å². The van der Waals surface area contributed by atoms with Gasteiger partial charge in [0.25, 0.3) is 0 Å². The number of hydrogen-bond acceptors (Lipinski definition) is 1. The average Bonchev–Trinajstić information content (AvgIpc) is 2.32. The lowest BCUT2D eigenvalue weighted by Crippen LogP contribution is -2.34. The Balaban J connectivity index is 4.15. The molecule has 0 aliphatic carbocycles. The van der Waals surface area contributed by atoms with Crippen LogP contribution in [0.5, 0.6) is 0 Å². The highest BCUT2D eigenvalue weighted by atomic mass is 16.1. The van der Waals surface area contributed by atoms with Gasteiger partial charge in [0, 0.05) is 12.5 Å². The molecule has 1 amide bonds. The lowest BCUT2D eigenvalue weighted by atomic mass is 9.74. The molecule has 0 aromatic carbocycles. The lowest BCUT2D eigenvalue weighted by molar-refractivity contribution is -0.125. The highest BCUT2D eigenvalue weighted by Crippen LogP contribution is 2.33. The number of carbonyl (C=O) groups is 1. The van der Waals surface area contributed by atoms with Crippen LogP contribution in [-0.4, -0.2) is 12.5 Å². The Morgan fingerprint density at radius 1 is 1.10 bits per heavy atom. The van der Waals surface area contributed by atoms with Crippen LogP contribution in [0.1, 0.15) is 74.7 Å². The summed E-state index contributed by atoms with van der Waals surface area (Å²) in [6, 6.07) is 0. The van der Waals surface area contributed by atoms with E-state index in [-0.39, 0.29) is 17.2 Å². The molecule has 120 valence electrons. The molecule has 2 atom stereocenters. The zero-order valence-corrected chi connectivity index (χ0v) is 15.0. The average molecular weight is 284 g/mol. The van der Waals surface area contributed by atoms with Crippen LogP contribution in [-0.2, 0) is 4.79 Å². The van der Waals surface area contributed by atoms with E-state index in [1.165, 1.54) is 6.42 Å². The predicted molar refractivity (Wildman–Crippen MR) is 88.6 cm³/mol. The molecule has 0 bridgehead atoms. The number of rotatable bonds is 9. The van der Waals surface area contributed by atoms with E-state index in [2.05, 4.69) is 60.7 Å². The van der Waals surface area contributed by atoms with Gasteiger partial charge in [0.05, 0.1) is 0 Å². The fourth-order valence-corrected chi connectivity index (χ4v) is 2.68. The Morgan fingerprint density at radius 3 is 2.05 bits per heavy atom. The molecule has 20 heavy (non-hydrogen) atoms. The van der Waals surface area contributed by atoms with E-state index in [1.807, 2.05) is 0 Å². The van der Waals surface area contributed by atoms with Crippen LogP contribution in [0.25, 0.3) is 0 Å². The highest BCUT2D eigenvalue weighted by molar-refractivity contribution is 5.78. The summed E-state index contributed by atoms with van der Waals surface area (Å²) in [5.41, 5.74) is 0.223. The number of amides is 1. The maximum Gasteiger partial charge on any atom is 0.222 e. The van der Waals surface area contributed by atoms with E-state index in [0.717, 1.165) is 25.3 Å². The largest absolute Gasteiger partial charge is 0.356 e. The molecule has 2 nitrogen and oxygen atoms in total. The van der Waals surface area contributed by atoms with Crippen LogP contribution in [0, 0.1) is 29.1 Å². The van der Waals surface area contributed by atoms with Gasteiger partial charge in [0.2, 0.25) is 5.91 Å². The number of nitrogens with one attached hydrogen (secondary N) is 1. The van der Waals surface area contributed by atoms with Crippen molar-refractivity contribution in [2.45, 2.75) is 74.7 Å². The second-order valence-corrected chi connectivity index (χ2v) is 7.74. The van der Waals surface area contributed by atoms with Crippen molar-refractivity contribution in [2.75, 3.05) is 6.54 Å². The Bertz CT molecular complexity index is 281. The topological polar surface area (TPSA) is 29.1 Å². The molecule has 2 heteroatoms. The van der Waals surface area contributed by atoms with Gasteiger partial charge in [0.15, 0.2) is 0 Å². The van der Waals surface area contributed by atoms with E-state index in [9.17, 15) is 4.79 Å². The molecular formula is C18H37NO. The van der Waals surface area contributed by atoms with Crippen molar-refractivity contribution in [3.63, 3.8) is 0 Å². The first-order valence-corrected chi connectivity index (χ1v) is 8.39. The van der Waals surface area contributed by atoms with E-state index in [1.54, 1.807) is 0 Å². The minimum atomic E-state index is 0.103. The molecule has 0 saturated heterocycles. The monoisotopic (exact) mass is 283 g/mol. The van der Waals surface area contributed by atoms with E-state index < -0.39 is 0 Å². The van der Waals surface area contributed by atoms with E-state index >= 15 is 0 Å². The van der Waals surface area contributed by atoms with Crippen LogP contribution in [0.2, 0.25) is 0 Å². The van der Waals surface area contributed by atoms with Crippen LogP contribution in [0.15, 0.2) is 0 Å². The first kappa shape index (κ1) is 19.5. The summed E-state index contributed by atoms with van der Waals surface area (Å²) >= 11 is 0. The number of carbonyl (C=O) groups excluding carboxylic acids is 1. The summed E-state index contributed by atoms with van der Waals surface area (Å²) in [5.74, 6) is 2.35. The molecule has 0 heterocycles. The summed E-state index contributed by atoms with van der Waals surface area (Å²) in [6.45, 7) is 18.6. The van der Waals surface area contributed by atoms with Gasteiger partial charge in [-0.15, -0.1) is 0 Å². The maximum atomic E-state index is 12.2. The van der Waals surface area contributed by atoms with Crippen molar-refractivity contribution in [3.05, 3.63) is 0 Å². The molecule has 0 radical (unpaired) electrons. The molecule has 0 rings (SSSR count). The Morgan fingerprint density at radius 2 is 1.65 bits per heavy atom. The van der Waals surface area contributed by atoms with Gasteiger partial charge in [-0.1, -0.05) is 61.8 Å². The minimum absolute atomic E-state index is 0.103. The molecule has 0 aromatic rings. The summed E-state index contributed by atoms with van der Waals surface area (Å²) in [4.78, 5) is 12.2. The summed E-state index contributed by atoms with van der Waals surface area (Å²) in [5, 5.41) is 3.12. The van der Waals surface area contributed by atoms with Gasteiger partial charge in [-0.25, -0.2) is 0 Å². The molecule has 0 aromatic heterocycles. The molecule has 0 aliphatic heterocycles. The smallest absolute Gasteiger partial charge is 0.222 e. The van der Waals surface area contributed by atoms with Crippen molar-refractivity contribution in [3.8, 4) is 0 Å². The van der Waals surface area contributed by atoms with Gasteiger partial charge in [0.1, 0.15) is 0 Å². The highest BCUT2D eigenvalue weighted by Gasteiger charge is 2.27. The van der Waals surface area contributed by atoms with Crippen molar-refractivity contribution in [2.24, 2.45) is 29.1 Å². The third-order valence-electron chi connectivity index (χ3n) is 5.12. The second kappa shape index (κ2) is 8.69. The molecule has 0 fully saturated rings. The zero-order chi connectivity index (χ0) is 15.9. The van der Waals surface area contributed by atoms with Gasteiger partial charge in [-0.3, -0.25) is 4.79 Å². The van der Waals surface area contributed by atoms with Crippen molar-refractivity contribution in [1.29, 1.82) is 0 Å². The van der Waals surface area contributed by atoms with Crippen LogP contribution in [0.3, 0.4) is 0 Å². The maximum absolute atomic E-state index is 12.2. The van der Waals surface area contributed by atoms with Gasteiger partial charge < -0.3 is 5.32 Å². The van der Waals surface area contributed by atoms with Crippen LogP contribution in [0.4, 0.5) is 0 Å². The standard InChI is InChI=1S/C18H37NO/c1-9-16(13(2)3)10-11-19-17(20)15(6)12-18(7,8)14(4)5/h13-16H,9-12H2,1-8H3,(H,19,20). The van der Waals surface area contributed by atoms with Crippen LogP contribution >= 0.6 is 0 Å². The summed E-state index contributed by atoms with van der Waals surface area (Å²) < 4.78 is 0. The van der Waals surface area contributed by atoms with Crippen LogP contribution < -0.4 is 5.32 Å². The fourth-order valence-electron chi connectivity index (χ4n) is 2.68. The van der Waals surface area contributed by atoms with Crippen molar-refractivity contribution >= 4 is 5.91 Å². The van der Waals surface area contributed by atoms with E-state index in [4.69, 9.17) is 0 Å². The first-order valence-electron chi connectivity index (χ1n) is 8.39. The summed E-state index contributed by atoms with van der Waals surface area (Å²) in [7, 11) is 0. The first-order chi connectivity index (χ1) is 9.11. The summed E-state index contributed by atoms with van der Waals surface area (Å²) in [6.07, 6.45) is 3.25. The fraction of sp³-hybridized carbons (Fsp3) is 0.944. The molecule has 2 unspecified atom stereocenters. The van der Waals surface area contributed by atoms with Crippen molar-refractivity contribution in [1.82, 2.24) is 5.32 Å². The minimum Gasteiger partial charge on any atom is -0.356 e. The number of hydrogen-bond donors (Lipinski definition) is 1. The molecule has 0 saturated carbocycles. The zero-order valence-electron chi connectivity index (χ0n) is 15.0. The normalized spacial score (nSPS) is 15.5. The molecule has 0 spiro atoms. The third-order valence-corrected chi connectivity index (χ3v) is 5.12. The Kier molecular flexibility index (Phi) is 8.46. The molecule has 0 aliphatic rings. The Labute approximate surface area is 127 Å². The molecule has 1 N–H and O–H groups in total. The van der Waals surface area contributed by atoms with E-state index in [0.29, 0.717) is 11.8 Å². The SMILES string of the molecule is CCC(CCNC(=O)C(C)CC(C)(C)C(C)C)C(C)C. The van der Waals surface area contributed by atoms with Crippen molar-refractivity contribution < 1.29 is 4.79 Å². The Hall–Kier alpha value is -0.530. The second-order valence-electron chi connectivity index (χ2n) is 7.74.